The Hall–Kier alpha value is -2.84. The van der Waals surface area contributed by atoms with E-state index in [-0.39, 0.29) is 5.92 Å². The highest BCUT2D eigenvalue weighted by atomic mass is 19.2. The van der Waals surface area contributed by atoms with Gasteiger partial charge < -0.3 is 4.74 Å². The first-order valence-electron chi connectivity index (χ1n) is 7.52. The molecule has 0 saturated heterocycles. The molecule has 2 rings (SSSR count). The van der Waals surface area contributed by atoms with Crippen LogP contribution in [0.15, 0.2) is 24.3 Å². The Morgan fingerprint density at radius 1 is 0.962 bits per heavy atom. The van der Waals surface area contributed by atoms with Gasteiger partial charge in [0.05, 0.1) is 0 Å². The van der Waals surface area contributed by atoms with Crippen LogP contribution in [0.3, 0.4) is 0 Å². The Morgan fingerprint density at radius 3 is 2.08 bits per heavy atom. The van der Waals surface area contributed by atoms with Crippen LogP contribution < -0.4 is 15.6 Å². The molecule has 0 spiro atoms. The second-order valence-electron chi connectivity index (χ2n) is 5.60. The molecule has 0 aliphatic rings. The lowest BCUT2D eigenvalue weighted by Crippen LogP contribution is -2.34. The summed E-state index contributed by atoms with van der Waals surface area (Å²) in [7, 11) is 0. The quantitative estimate of drug-likeness (QED) is 0.347. The zero-order valence-corrected chi connectivity index (χ0v) is 13.8. The van der Waals surface area contributed by atoms with Crippen molar-refractivity contribution < 1.29 is 31.5 Å². The number of amides is 1. The molecule has 26 heavy (non-hydrogen) atoms. The highest BCUT2D eigenvalue weighted by molar-refractivity contribution is 5.79. The van der Waals surface area contributed by atoms with Crippen LogP contribution in [0.4, 0.5) is 27.6 Å². The van der Waals surface area contributed by atoms with Gasteiger partial charge >= 0.3 is 0 Å². The number of hydrogen-bond acceptors (Lipinski definition) is 3. The van der Waals surface area contributed by atoms with Gasteiger partial charge in [0, 0.05) is 0 Å². The van der Waals surface area contributed by atoms with Crippen molar-refractivity contribution in [1.82, 2.24) is 5.43 Å². The molecule has 9 heteroatoms. The first-order valence-corrected chi connectivity index (χ1v) is 7.52. The Labute approximate surface area is 145 Å². The number of anilines is 1. The van der Waals surface area contributed by atoms with E-state index in [1.54, 1.807) is 23.6 Å². The molecule has 0 bridgehead atoms. The summed E-state index contributed by atoms with van der Waals surface area (Å²) < 4.78 is 71.4. The van der Waals surface area contributed by atoms with Crippen LogP contribution in [0.1, 0.15) is 25.3 Å². The van der Waals surface area contributed by atoms with Gasteiger partial charge in [-0.3, -0.25) is 15.6 Å². The Kier molecular flexibility index (Phi) is 6.01. The highest BCUT2D eigenvalue weighted by Gasteiger charge is 2.26. The summed E-state index contributed by atoms with van der Waals surface area (Å²) in [6.45, 7) is 3.31. The summed E-state index contributed by atoms with van der Waals surface area (Å²) in [5.74, 6) is -11.0. The molecule has 0 radical (unpaired) electrons. The number of rotatable bonds is 6. The number of hydrazine groups is 1. The largest absolute Gasteiger partial charge is 0.483 e. The van der Waals surface area contributed by atoms with Crippen LogP contribution in [0.5, 0.6) is 5.75 Å². The summed E-state index contributed by atoms with van der Waals surface area (Å²) in [6, 6.07) is 6.95. The molecule has 0 aliphatic carbocycles. The van der Waals surface area contributed by atoms with Crippen LogP contribution in [0.25, 0.3) is 0 Å². The van der Waals surface area contributed by atoms with Gasteiger partial charge in [0.1, 0.15) is 11.4 Å². The van der Waals surface area contributed by atoms with E-state index in [1.165, 1.54) is 0 Å². The minimum Gasteiger partial charge on any atom is -0.483 e. The van der Waals surface area contributed by atoms with E-state index in [0.29, 0.717) is 5.75 Å². The maximum absolute atomic E-state index is 13.5. The van der Waals surface area contributed by atoms with E-state index < -0.39 is 47.3 Å². The lowest BCUT2D eigenvalue weighted by atomic mass is 10.0. The second-order valence-corrected chi connectivity index (χ2v) is 5.60. The molecule has 140 valence electrons. The normalized spacial score (nSPS) is 10.8. The van der Waals surface area contributed by atoms with Crippen molar-refractivity contribution in [2.75, 3.05) is 12.0 Å². The number of hydrogen-bond donors (Lipinski definition) is 2. The van der Waals surface area contributed by atoms with Crippen molar-refractivity contribution in [3.63, 3.8) is 0 Å². The van der Waals surface area contributed by atoms with Crippen molar-refractivity contribution in [3.8, 4) is 5.75 Å². The molecular formula is C17H15F5N2O2. The molecular weight excluding hydrogens is 359 g/mol. The highest BCUT2D eigenvalue weighted by Crippen LogP contribution is 2.27. The average Bonchev–Trinajstić information content (AvgIpc) is 2.63. The summed E-state index contributed by atoms with van der Waals surface area (Å²) in [4.78, 5) is 11.7. The molecule has 0 unspecified atom stereocenters. The lowest BCUT2D eigenvalue weighted by Gasteiger charge is -2.15. The maximum atomic E-state index is 13.5. The standard InChI is InChI=1S/C17H15F5N2O2/c1-8(2)9-5-3-4-6-10(9)26-7-11(25)23-24-17-15(21)13(19)12(18)14(20)16(17)22/h3-6,8,24H,7H2,1-2H3,(H,23,25). The van der Waals surface area contributed by atoms with Gasteiger partial charge in [-0.15, -0.1) is 0 Å². The van der Waals surface area contributed by atoms with Crippen LogP contribution in [0.2, 0.25) is 0 Å². The first-order chi connectivity index (χ1) is 12.2. The molecule has 0 aliphatic heterocycles. The molecule has 2 aromatic carbocycles. The Morgan fingerprint density at radius 2 is 1.50 bits per heavy atom. The third-order valence-corrected chi connectivity index (χ3v) is 3.44. The fourth-order valence-electron chi connectivity index (χ4n) is 2.12. The topological polar surface area (TPSA) is 50.4 Å². The van der Waals surface area contributed by atoms with Gasteiger partial charge in [-0.2, -0.15) is 0 Å². The molecule has 0 fully saturated rings. The average molecular weight is 374 g/mol. The van der Waals surface area contributed by atoms with Gasteiger partial charge in [-0.25, -0.2) is 22.0 Å². The summed E-state index contributed by atoms with van der Waals surface area (Å²) in [5, 5.41) is 0. The number of halogens is 5. The maximum Gasteiger partial charge on any atom is 0.276 e. The van der Waals surface area contributed by atoms with Crippen molar-refractivity contribution in [1.29, 1.82) is 0 Å². The Bertz CT molecular complexity index is 798. The lowest BCUT2D eigenvalue weighted by molar-refractivity contribution is -0.122. The number of carbonyl (C=O) groups is 1. The van der Waals surface area contributed by atoms with E-state index in [0.717, 1.165) is 5.56 Å². The molecule has 2 aromatic rings. The van der Waals surface area contributed by atoms with Gasteiger partial charge in [0.15, 0.2) is 29.9 Å². The zero-order chi connectivity index (χ0) is 19.4. The van der Waals surface area contributed by atoms with Gasteiger partial charge in [0.25, 0.3) is 5.91 Å². The van der Waals surface area contributed by atoms with E-state index in [2.05, 4.69) is 0 Å². The Balaban J connectivity index is 2.03. The van der Waals surface area contributed by atoms with Gasteiger partial charge in [0.2, 0.25) is 5.82 Å². The van der Waals surface area contributed by atoms with E-state index in [1.807, 2.05) is 25.3 Å². The minimum atomic E-state index is -2.29. The molecule has 0 heterocycles. The molecule has 0 aromatic heterocycles. The molecule has 0 saturated carbocycles. The third-order valence-electron chi connectivity index (χ3n) is 3.44. The monoisotopic (exact) mass is 374 g/mol. The van der Waals surface area contributed by atoms with Crippen LogP contribution in [0, 0.1) is 29.1 Å². The third kappa shape index (κ3) is 4.04. The predicted molar refractivity (Wildman–Crippen MR) is 84.0 cm³/mol. The van der Waals surface area contributed by atoms with E-state index in [4.69, 9.17) is 4.74 Å². The van der Waals surface area contributed by atoms with Crippen molar-refractivity contribution >= 4 is 11.6 Å². The number of ether oxygens (including phenoxy) is 1. The van der Waals surface area contributed by atoms with E-state index in [9.17, 15) is 26.7 Å². The SMILES string of the molecule is CC(C)c1ccccc1OCC(=O)NNc1c(F)c(F)c(F)c(F)c1F. The molecule has 2 N–H and O–H groups in total. The fourth-order valence-corrected chi connectivity index (χ4v) is 2.12. The molecule has 1 amide bonds. The summed E-state index contributed by atoms with van der Waals surface area (Å²) in [5.41, 5.74) is 2.99. The van der Waals surface area contributed by atoms with Gasteiger partial charge in [-0.05, 0) is 17.5 Å². The molecule has 4 nitrogen and oxygen atoms in total. The summed E-state index contributed by atoms with van der Waals surface area (Å²) >= 11 is 0. The van der Waals surface area contributed by atoms with Crippen molar-refractivity contribution in [2.24, 2.45) is 0 Å². The zero-order valence-electron chi connectivity index (χ0n) is 13.8. The smallest absolute Gasteiger partial charge is 0.276 e. The molecule has 0 atom stereocenters. The number of benzene rings is 2. The first kappa shape index (κ1) is 19.5. The van der Waals surface area contributed by atoms with Crippen molar-refractivity contribution in [2.45, 2.75) is 19.8 Å². The van der Waals surface area contributed by atoms with Crippen LogP contribution in [-0.2, 0) is 4.79 Å². The van der Waals surface area contributed by atoms with Crippen molar-refractivity contribution in [3.05, 3.63) is 58.9 Å². The second kappa shape index (κ2) is 8.03. The van der Waals surface area contributed by atoms with Crippen LogP contribution in [-0.4, -0.2) is 12.5 Å². The fraction of sp³-hybridized carbons (Fsp3) is 0.235. The number of para-hydroxylation sites is 1. The summed E-state index contributed by atoms with van der Waals surface area (Å²) in [6.07, 6.45) is 0. The number of nitrogens with one attached hydrogen (secondary N) is 2. The van der Waals surface area contributed by atoms with Gasteiger partial charge in [-0.1, -0.05) is 32.0 Å². The van der Waals surface area contributed by atoms with Crippen LogP contribution >= 0.6 is 0 Å². The minimum absolute atomic E-state index is 0.126. The number of carbonyl (C=O) groups excluding carboxylic acids is 1. The van der Waals surface area contributed by atoms with E-state index >= 15 is 0 Å². The predicted octanol–water partition coefficient (Wildman–Crippen LogP) is 4.03.